The zero-order valence-corrected chi connectivity index (χ0v) is 8.71. The van der Waals surface area contributed by atoms with Crippen LogP contribution >= 0.6 is 15.9 Å². The van der Waals surface area contributed by atoms with Crippen molar-refractivity contribution in [1.82, 2.24) is 0 Å². The van der Waals surface area contributed by atoms with Crippen LogP contribution < -0.4 is 0 Å². The first kappa shape index (κ1) is 8.83. The maximum absolute atomic E-state index is 5.61. The Balaban J connectivity index is 2.79. The molecule has 0 N–H and O–H groups in total. The van der Waals surface area contributed by atoms with E-state index in [1.165, 1.54) is 10.8 Å². The molecule has 0 heterocycles. The molecule has 13 heavy (non-hydrogen) atoms. The monoisotopic (exact) mass is 230 g/mol. The Kier molecular flexibility index (Phi) is 2.41. The lowest BCUT2D eigenvalue weighted by Crippen LogP contribution is -1.86. The highest BCUT2D eigenvalue weighted by Crippen LogP contribution is 2.27. The first-order valence-corrected chi connectivity index (χ1v) is 4.98. The molecule has 2 aromatic carbocycles. The molecule has 0 aliphatic rings. The number of hydrogen-bond acceptors (Lipinski definition) is 0. The molecule has 2 heteroatoms. The Morgan fingerprint density at radius 1 is 1.08 bits per heavy atom. The molecule has 0 aliphatic heterocycles. The molecule has 2 rings (SSSR count). The standard InChI is InChI=1S/C11H8BBr/c12-7-9-6-5-8-3-1-2-4-10(8)11(9)13/h1-6H,7H2. The van der Waals surface area contributed by atoms with E-state index in [2.05, 4.69) is 40.2 Å². The Labute approximate surface area is 87.5 Å². The van der Waals surface area contributed by atoms with E-state index in [9.17, 15) is 0 Å². The van der Waals surface area contributed by atoms with Crippen molar-refractivity contribution in [2.75, 3.05) is 0 Å². The molecule has 0 saturated carbocycles. The summed E-state index contributed by atoms with van der Waals surface area (Å²) < 4.78 is 1.12. The fourth-order valence-corrected chi connectivity index (χ4v) is 2.09. The molecule has 0 spiro atoms. The fourth-order valence-electron chi connectivity index (χ4n) is 1.44. The minimum Gasteiger partial charge on any atom is -0.0632 e. The smallest absolute Gasteiger partial charge is 0.0632 e. The van der Waals surface area contributed by atoms with Crippen LogP contribution in [0.15, 0.2) is 40.9 Å². The summed E-state index contributed by atoms with van der Waals surface area (Å²) in [4.78, 5) is 0. The maximum atomic E-state index is 5.61. The van der Waals surface area contributed by atoms with Crippen molar-refractivity contribution < 1.29 is 0 Å². The van der Waals surface area contributed by atoms with Gasteiger partial charge >= 0.3 is 0 Å². The third-order valence-electron chi connectivity index (χ3n) is 2.16. The van der Waals surface area contributed by atoms with E-state index in [-0.39, 0.29) is 0 Å². The molecule has 0 bridgehead atoms. The summed E-state index contributed by atoms with van der Waals surface area (Å²) in [6.45, 7) is 0. The zero-order valence-electron chi connectivity index (χ0n) is 7.13. The fraction of sp³-hybridized carbons (Fsp3) is 0.0909. The van der Waals surface area contributed by atoms with Gasteiger partial charge in [0.25, 0.3) is 0 Å². The second-order valence-corrected chi connectivity index (χ2v) is 3.76. The van der Waals surface area contributed by atoms with Crippen LogP contribution in [0.25, 0.3) is 10.8 Å². The van der Waals surface area contributed by atoms with Crippen LogP contribution in [-0.4, -0.2) is 7.85 Å². The summed E-state index contributed by atoms with van der Waals surface area (Å²) in [6.07, 6.45) is 0.575. The van der Waals surface area contributed by atoms with Gasteiger partial charge in [0.05, 0.1) is 7.85 Å². The van der Waals surface area contributed by atoms with Gasteiger partial charge in [0.1, 0.15) is 0 Å². The predicted molar refractivity (Wildman–Crippen MR) is 61.1 cm³/mol. The minimum atomic E-state index is 0.575. The van der Waals surface area contributed by atoms with Gasteiger partial charge in [0, 0.05) is 4.47 Å². The highest BCUT2D eigenvalue weighted by Gasteiger charge is 2.01. The Bertz CT molecular complexity index is 437. The normalized spacial score (nSPS) is 10.5. The third-order valence-corrected chi connectivity index (χ3v) is 3.10. The Morgan fingerprint density at radius 2 is 1.85 bits per heavy atom. The largest absolute Gasteiger partial charge is 0.0717 e. The van der Waals surface area contributed by atoms with Crippen molar-refractivity contribution >= 4 is 34.5 Å². The Morgan fingerprint density at radius 3 is 2.62 bits per heavy atom. The molecule has 0 nitrogen and oxygen atoms in total. The van der Waals surface area contributed by atoms with E-state index in [4.69, 9.17) is 7.85 Å². The molecular formula is C11H8BBr. The number of rotatable bonds is 1. The lowest BCUT2D eigenvalue weighted by Gasteiger charge is -2.05. The van der Waals surface area contributed by atoms with Crippen molar-refractivity contribution in [3.8, 4) is 0 Å². The van der Waals surface area contributed by atoms with Gasteiger partial charge < -0.3 is 0 Å². The average molecular weight is 231 g/mol. The molecule has 0 unspecified atom stereocenters. The Hall–Kier alpha value is -0.755. The van der Waals surface area contributed by atoms with Crippen LogP contribution in [-0.2, 0) is 6.32 Å². The number of hydrogen-bond donors (Lipinski definition) is 0. The molecule has 0 atom stereocenters. The molecule has 0 aliphatic carbocycles. The van der Waals surface area contributed by atoms with Gasteiger partial charge in [-0.3, -0.25) is 0 Å². The molecule has 2 radical (unpaired) electrons. The summed E-state index contributed by atoms with van der Waals surface area (Å²) in [5, 5.41) is 2.47. The number of halogens is 1. The van der Waals surface area contributed by atoms with Gasteiger partial charge in [-0.2, -0.15) is 0 Å². The van der Waals surface area contributed by atoms with Gasteiger partial charge in [-0.25, -0.2) is 0 Å². The minimum absolute atomic E-state index is 0.575. The number of fused-ring (bicyclic) bond motifs is 1. The van der Waals surface area contributed by atoms with Crippen LogP contribution in [0.1, 0.15) is 5.56 Å². The van der Waals surface area contributed by atoms with E-state index < -0.39 is 0 Å². The van der Waals surface area contributed by atoms with Crippen LogP contribution in [0.2, 0.25) is 0 Å². The van der Waals surface area contributed by atoms with E-state index in [1.54, 1.807) is 0 Å². The summed E-state index contributed by atoms with van der Waals surface area (Å²) in [5.41, 5.74) is 1.15. The molecular weight excluding hydrogens is 223 g/mol. The van der Waals surface area contributed by atoms with Crippen molar-refractivity contribution in [3.63, 3.8) is 0 Å². The SMILES string of the molecule is [B]Cc1ccc2ccccc2c1Br. The van der Waals surface area contributed by atoms with Crippen LogP contribution in [0.4, 0.5) is 0 Å². The lowest BCUT2D eigenvalue weighted by molar-refractivity contribution is 1.40. The van der Waals surface area contributed by atoms with Gasteiger partial charge in [-0.1, -0.05) is 42.7 Å². The van der Waals surface area contributed by atoms with Crippen molar-refractivity contribution in [2.45, 2.75) is 6.32 Å². The summed E-state index contributed by atoms with van der Waals surface area (Å²) in [5.74, 6) is 0. The van der Waals surface area contributed by atoms with E-state index >= 15 is 0 Å². The first-order chi connectivity index (χ1) is 6.33. The van der Waals surface area contributed by atoms with Crippen LogP contribution in [0.5, 0.6) is 0 Å². The second-order valence-electron chi connectivity index (χ2n) is 2.96. The maximum Gasteiger partial charge on any atom is 0.0717 e. The number of benzene rings is 2. The molecule has 0 amide bonds. The third kappa shape index (κ3) is 1.51. The van der Waals surface area contributed by atoms with E-state index in [0.717, 1.165) is 10.0 Å². The van der Waals surface area contributed by atoms with Crippen LogP contribution in [0.3, 0.4) is 0 Å². The van der Waals surface area contributed by atoms with Crippen LogP contribution in [0, 0.1) is 0 Å². The molecule has 62 valence electrons. The van der Waals surface area contributed by atoms with Crippen molar-refractivity contribution in [2.24, 2.45) is 0 Å². The highest BCUT2D eigenvalue weighted by atomic mass is 79.9. The molecule has 0 saturated heterocycles. The summed E-state index contributed by atoms with van der Waals surface area (Å²) in [7, 11) is 5.61. The average Bonchev–Trinajstić information content (AvgIpc) is 2.19. The van der Waals surface area contributed by atoms with Gasteiger partial charge in [0.15, 0.2) is 0 Å². The predicted octanol–water partition coefficient (Wildman–Crippen LogP) is 3.27. The highest BCUT2D eigenvalue weighted by molar-refractivity contribution is 9.10. The van der Waals surface area contributed by atoms with Crippen molar-refractivity contribution in [1.29, 1.82) is 0 Å². The van der Waals surface area contributed by atoms with Crippen molar-refractivity contribution in [3.05, 3.63) is 46.4 Å². The quantitative estimate of drug-likeness (QED) is 0.660. The van der Waals surface area contributed by atoms with E-state index in [0.29, 0.717) is 6.32 Å². The van der Waals surface area contributed by atoms with Gasteiger partial charge in [-0.15, -0.1) is 0 Å². The molecule has 2 aromatic rings. The second kappa shape index (κ2) is 3.55. The molecule has 0 fully saturated rings. The van der Waals surface area contributed by atoms with Gasteiger partial charge in [0.2, 0.25) is 0 Å². The van der Waals surface area contributed by atoms with Gasteiger partial charge in [-0.05, 0) is 32.3 Å². The lowest BCUT2D eigenvalue weighted by atomic mass is 9.95. The zero-order chi connectivity index (χ0) is 9.26. The summed E-state index contributed by atoms with van der Waals surface area (Å²) in [6, 6.07) is 12.4. The van der Waals surface area contributed by atoms with E-state index in [1.807, 2.05) is 12.1 Å². The molecule has 0 aromatic heterocycles. The first-order valence-electron chi connectivity index (χ1n) is 4.19. The topological polar surface area (TPSA) is 0 Å². The summed E-state index contributed by atoms with van der Waals surface area (Å²) >= 11 is 3.56.